The fourth-order valence-electron chi connectivity index (χ4n) is 3.20. The topological polar surface area (TPSA) is 41.6 Å². The average molecular weight is 332 g/mol. The average Bonchev–Trinajstić information content (AvgIpc) is 3.11. The van der Waals surface area contributed by atoms with E-state index in [1.807, 2.05) is 37.3 Å². The zero-order valence-corrected chi connectivity index (χ0v) is 15.2. The number of carbonyl (C=O) groups excluding carboxylic acids is 1. The smallest absolute Gasteiger partial charge is 0.310 e. The molecule has 4 nitrogen and oxygen atoms in total. The third-order valence-corrected chi connectivity index (χ3v) is 4.63. The van der Waals surface area contributed by atoms with Gasteiger partial charge in [0.2, 0.25) is 0 Å². The van der Waals surface area contributed by atoms with E-state index in [-0.39, 0.29) is 11.9 Å². The van der Waals surface area contributed by atoms with E-state index in [1.165, 1.54) is 25.7 Å². The Labute approximate surface area is 146 Å². The first-order chi connectivity index (χ1) is 11.7. The van der Waals surface area contributed by atoms with Crippen molar-refractivity contribution in [2.24, 2.45) is 5.92 Å². The van der Waals surface area contributed by atoms with E-state index in [2.05, 4.69) is 17.1 Å². The lowest BCUT2D eigenvalue weighted by Crippen LogP contribution is -2.41. The van der Waals surface area contributed by atoms with E-state index < -0.39 is 0 Å². The number of nitrogens with zero attached hydrogens (tertiary/aromatic N) is 1. The lowest BCUT2D eigenvalue weighted by Gasteiger charge is -2.27. The summed E-state index contributed by atoms with van der Waals surface area (Å²) in [5.41, 5.74) is 1.04. The minimum absolute atomic E-state index is 0.0908. The second kappa shape index (κ2) is 10.5. The molecule has 1 aliphatic heterocycles. The molecule has 2 atom stereocenters. The highest BCUT2D eigenvalue weighted by Gasteiger charge is 2.22. The monoisotopic (exact) mass is 332 g/mol. The Morgan fingerprint density at radius 3 is 2.83 bits per heavy atom. The van der Waals surface area contributed by atoms with Crippen LogP contribution in [0.25, 0.3) is 0 Å². The molecule has 4 heteroatoms. The maximum atomic E-state index is 12.3. The molecule has 1 aromatic carbocycles. The molecule has 24 heavy (non-hydrogen) atoms. The zero-order valence-electron chi connectivity index (χ0n) is 15.2. The van der Waals surface area contributed by atoms with Crippen LogP contribution in [0.1, 0.15) is 45.1 Å². The summed E-state index contributed by atoms with van der Waals surface area (Å²) in [7, 11) is 0. The van der Waals surface area contributed by atoms with Crippen LogP contribution in [0.2, 0.25) is 0 Å². The highest BCUT2D eigenvalue weighted by Crippen LogP contribution is 2.11. The van der Waals surface area contributed by atoms with Gasteiger partial charge in [-0.2, -0.15) is 0 Å². The largest absolute Gasteiger partial charge is 0.461 e. The molecule has 0 bridgehead atoms. The van der Waals surface area contributed by atoms with Gasteiger partial charge in [-0.25, -0.2) is 0 Å². The molecule has 1 heterocycles. The van der Waals surface area contributed by atoms with Gasteiger partial charge in [0.1, 0.15) is 6.61 Å². The van der Waals surface area contributed by atoms with Gasteiger partial charge in [0.05, 0.1) is 5.92 Å². The lowest BCUT2D eigenvalue weighted by atomic mass is 10.1. The van der Waals surface area contributed by atoms with Crippen LogP contribution in [0.4, 0.5) is 0 Å². The normalized spacial score (nSPS) is 18.7. The number of hydrogen-bond acceptors (Lipinski definition) is 4. The molecule has 0 radical (unpaired) electrons. The lowest BCUT2D eigenvalue weighted by molar-refractivity contribution is -0.150. The quantitative estimate of drug-likeness (QED) is 0.668. The first-order valence-electron chi connectivity index (χ1n) is 9.35. The molecular formula is C20H32N2O2. The van der Waals surface area contributed by atoms with Crippen LogP contribution in [0, 0.1) is 5.92 Å². The second-order valence-electron chi connectivity index (χ2n) is 6.90. The Hall–Kier alpha value is -1.39. The first-order valence-corrected chi connectivity index (χ1v) is 9.35. The van der Waals surface area contributed by atoms with Crippen molar-refractivity contribution in [3.05, 3.63) is 35.9 Å². The predicted octanol–water partition coefficient (Wildman–Crippen LogP) is 3.22. The molecule has 1 saturated heterocycles. The molecule has 1 aliphatic rings. The van der Waals surface area contributed by atoms with Crippen molar-refractivity contribution in [3.8, 4) is 0 Å². The van der Waals surface area contributed by atoms with Crippen LogP contribution in [-0.4, -0.2) is 43.1 Å². The number of carbonyl (C=O) groups is 1. The SMILES string of the molecule is CCCCN(CC1CCCN1)CC(C)C(=O)OCc1ccccc1. The number of ether oxygens (including phenoxy) is 1. The molecule has 0 saturated carbocycles. The van der Waals surface area contributed by atoms with E-state index in [0.717, 1.165) is 31.7 Å². The molecule has 0 aromatic heterocycles. The summed E-state index contributed by atoms with van der Waals surface area (Å²) >= 11 is 0. The standard InChI is InChI=1S/C20H32N2O2/c1-3-4-13-22(15-19-11-8-12-21-19)14-17(2)20(23)24-16-18-9-6-5-7-10-18/h5-7,9-10,17,19,21H,3-4,8,11-16H2,1-2H3. The summed E-state index contributed by atoms with van der Waals surface area (Å²) in [5.74, 6) is -0.188. The van der Waals surface area contributed by atoms with Gasteiger partial charge >= 0.3 is 5.97 Å². The Kier molecular flexibility index (Phi) is 8.26. The van der Waals surface area contributed by atoms with Crippen LogP contribution in [-0.2, 0) is 16.1 Å². The van der Waals surface area contributed by atoms with Crippen molar-refractivity contribution in [2.75, 3.05) is 26.2 Å². The summed E-state index contributed by atoms with van der Waals surface area (Å²) < 4.78 is 5.48. The van der Waals surface area contributed by atoms with Crippen LogP contribution >= 0.6 is 0 Å². The predicted molar refractivity (Wildman–Crippen MR) is 97.8 cm³/mol. The van der Waals surface area contributed by atoms with Gasteiger partial charge in [-0.05, 0) is 37.9 Å². The maximum Gasteiger partial charge on any atom is 0.310 e. The van der Waals surface area contributed by atoms with Crippen LogP contribution in [0.5, 0.6) is 0 Å². The summed E-state index contributed by atoms with van der Waals surface area (Å²) in [4.78, 5) is 14.7. The fraction of sp³-hybridized carbons (Fsp3) is 0.650. The molecule has 0 spiro atoms. The summed E-state index contributed by atoms with van der Waals surface area (Å²) in [5, 5.41) is 3.55. The third-order valence-electron chi connectivity index (χ3n) is 4.63. The van der Waals surface area contributed by atoms with Gasteiger partial charge in [0, 0.05) is 19.1 Å². The summed E-state index contributed by atoms with van der Waals surface area (Å²) in [6.45, 7) is 8.56. The number of esters is 1. The molecule has 1 fully saturated rings. The van der Waals surface area contributed by atoms with Gasteiger partial charge in [-0.3, -0.25) is 4.79 Å². The van der Waals surface area contributed by atoms with Crippen molar-refractivity contribution >= 4 is 5.97 Å². The molecule has 2 unspecified atom stereocenters. The molecule has 2 rings (SSSR count). The number of hydrogen-bond donors (Lipinski definition) is 1. The minimum atomic E-state index is -0.0975. The molecule has 1 aromatic rings. The van der Waals surface area contributed by atoms with E-state index in [0.29, 0.717) is 12.6 Å². The Bertz CT molecular complexity index is 472. The second-order valence-corrected chi connectivity index (χ2v) is 6.90. The molecule has 134 valence electrons. The van der Waals surface area contributed by atoms with Crippen LogP contribution in [0.15, 0.2) is 30.3 Å². The zero-order chi connectivity index (χ0) is 17.2. The Balaban J connectivity index is 1.78. The van der Waals surface area contributed by atoms with Gasteiger partial charge in [0.15, 0.2) is 0 Å². The van der Waals surface area contributed by atoms with Gasteiger partial charge in [-0.1, -0.05) is 50.6 Å². The first kappa shape index (κ1) is 18.9. The fourth-order valence-corrected chi connectivity index (χ4v) is 3.20. The van der Waals surface area contributed by atoms with Crippen molar-refractivity contribution in [1.29, 1.82) is 0 Å². The van der Waals surface area contributed by atoms with Gasteiger partial charge in [0.25, 0.3) is 0 Å². The Morgan fingerprint density at radius 1 is 1.38 bits per heavy atom. The minimum Gasteiger partial charge on any atom is -0.461 e. The van der Waals surface area contributed by atoms with Crippen molar-refractivity contribution in [1.82, 2.24) is 10.2 Å². The summed E-state index contributed by atoms with van der Waals surface area (Å²) in [6, 6.07) is 10.4. The van der Waals surface area contributed by atoms with Crippen molar-refractivity contribution in [2.45, 2.75) is 52.2 Å². The van der Waals surface area contributed by atoms with E-state index in [1.54, 1.807) is 0 Å². The molecule has 1 N–H and O–H groups in total. The molecule has 0 aliphatic carbocycles. The van der Waals surface area contributed by atoms with E-state index >= 15 is 0 Å². The molecular weight excluding hydrogens is 300 g/mol. The number of benzene rings is 1. The van der Waals surface area contributed by atoms with Crippen molar-refractivity contribution < 1.29 is 9.53 Å². The number of unbranched alkanes of at least 4 members (excludes halogenated alkanes) is 1. The highest BCUT2D eigenvalue weighted by molar-refractivity contribution is 5.72. The number of nitrogens with one attached hydrogen (secondary N) is 1. The highest BCUT2D eigenvalue weighted by atomic mass is 16.5. The Morgan fingerprint density at radius 2 is 2.17 bits per heavy atom. The summed E-state index contributed by atoms with van der Waals surface area (Å²) in [6.07, 6.45) is 4.87. The maximum absolute atomic E-state index is 12.3. The van der Waals surface area contributed by atoms with E-state index in [9.17, 15) is 4.79 Å². The van der Waals surface area contributed by atoms with E-state index in [4.69, 9.17) is 4.74 Å². The number of rotatable bonds is 10. The van der Waals surface area contributed by atoms with Gasteiger partial charge in [-0.15, -0.1) is 0 Å². The van der Waals surface area contributed by atoms with Gasteiger partial charge < -0.3 is 15.0 Å². The van der Waals surface area contributed by atoms with Crippen LogP contribution < -0.4 is 5.32 Å². The van der Waals surface area contributed by atoms with Crippen molar-refractivity contribution in [3.63, 3.8) is 0 Å². The third kappa shape index (κ3) is 6.62. The molecule has 0 amide bonds. The van der Waals surface area contributed by atoms with Crippen LogP contribution in [0.3, 0.4) is 0 Å².